The first-order valence-electron chi connectivity index (χ1n) is 7.70. The van der Waals surface area contributed by atoms with Gasteiger partial charge >= 0.3 is 6.03 Å². The van der Waals surface area contributed by atoms with Crippen LogP contribution in [0, 0.1) is 0 Å². The van der Waals surface area contributed by atoms with Crippen LogP contribution in [0.3, 0.4) is 0 Å². The van der Waals surface area contributed by atoms with E-state index in [1.807, 2.05) is 17.0 Å². The van der Waals surface area contributed by atoms with Gasteiger partial charge in [-0.25, -0.2) is 14.3 Å². The van der Waals surface area contributed by atoms with E-state index in [0.717, 1.165) is 18.5 Å². The highest BCUT2D eigenvalue weighted by Gasteiger charge is 2.28. The lowest BCUT2D eigenvalue weighted by Crippen LogP contribution is -2.51. The van der Waals surface area contributed by atoms with Crippen molar-refractivity contribution < 1.29 is 9.53 Å². The maximum Gasteiger partial charge on any atom is 0.322 e. The first-order valence-corrected chi connectivity index (χ1v) is 7.70. The Hall–Kier alpha value is -2.15. The Balaban J connectivity index is 1.69. The monoisotopic (exact) mass is 303 g/mol. The Morgan fingerprint density at radius 2 is 2.05 bits per heavy atom. The molecule has 2 aromatic heterocycles. The molecule has 1 saturated heterocycles. The molecule has 3 rings (SSSR count). The Morgan fingerprint density at radius 3 is 2.73 bits per heavy atom. The molecule has 3 heterocycles. The second-order valence-electron chi connectivity index (χ2n) is 5.51. The third-order valence-electron chi connectivity index (χ3n) is 3.96. The molecule has 1 fully saturated rings. The van der Waals surface area contributed by atoms with Crippen LogP contribution < -0.4 is 5.32 Å². The van der Waals surface area contributed by atoms with Crippen molar-refractivity contribution in [2.75, 3.05) is 18.4 Å². The van der Waals surface area contributed by atoms with Gasteiger partial charge in [0.05, 0.1) is 24.1 Å². The van der Waals surface area contributed by atoms with Crippen LogP contribution in [0.25, 0.3) is 5.65 Å². The van der Waals surface area contributed by atoms with Crippen molar-refractivity contribution in [1.29, 1.82) is 0 Å². The van der Waals surface area contributed by atoms with E-state index >= 15 is 0 Å². The summed E-state index contributed by atoms with van der Waals surface area (Å²) in [5, 5.41) is 7.00. The number of urea groups is 1. The fraction of sp³-hybridized carbons (Fsp3) is 0.533. The molecule has 1 aliphatic heterocycles. The van der Waals surface area contributed by atoms with Crippen molar-refractivity contribution in [2.24, 2.45) is 0 Å². The highest BCUT2D eigenvalue weighted by molar-refractivity contribution is 5.89. The molecule has 2 aromatic rings. The maximum atomic E-state index is 12.5. The largest absolute Gasteiger partial charge is 0.371 e. The maximum absolute atomic E-state index is 12.5. The number of aromatic nitrogens is 3. The minimum absolute atomic E-state index is 0.0975. The summed E-state index contributed by atoms with van der Waals surface area (Å²) in [6, 6.07) is 3.56. The Kier molecular flexibility index (Phi) is 4.24. The fourth-order valence-electron chi connectivity index (χ4n) is 2.63. The molecule has 0 aromatic carbocycles. The van der Waals surface area contributed by atoms with E-state index in [-0.39, 0.29) is 18.2 Å². The normalized spacial score (nSPS) is 22.0. The number of fused-ring (bicyclic) bond motifs is 1. The minimum Gasteiger partial charge on any atom is -0.371 e. The number of hydrogen-bond donors (Lipinski definition) is 1. The van der Waals surface area contributed by atoms with Crippen molar-refractivity contribution in [1.82, 2.24) is 19.5 Å². The number of ether oxygens (including phenoxy) is 1. The molecule has 0 aliphatic carbocycles. The van der Waals surface area contributed by atoms with Crippen molar-refractivity contribution in [3.63, 3.8) is 0 Å². The van der Waals surface area contributed by atoms with Crippen molar-refractivity contribution in [3.8, 4) is 0 Å². The van der Waals surface area contributed by atoms with E-state index in [9.17, 15) is 4.79 Å². The molecule has 2 atom stereocenters. The van der Waals surface area contributed by atoms with E-state index in [2.05, 4.69) is 29.2 Å². The van der Waals surface area contributed by atoms with Gasteiger partial charge in [0.15, 0.2) is 5.65 Å². The van der Waals surface area contributed by atoms with Crippen LogP contribution in [-0.4, -0.2) is 50.8 Å². The first kappa shape index (κ1) is 14.8. The van der Waals surface area contributed by atoms with Crippen molar-refractivity contribution in [3.05, 3.63) is 24.7 Å². The van der Waals surface area contributed by atoms with Crippen molar-refractivity contribution >= 4 is 17.4 Å². The summed E-state index contributed by atoms with van der Waals surface area (Å²) in [4.78, 5) is 18.4. The zero-order valence-corrected chi connectivity index (χ0v) is 12.9. The second kappa shape index (κ2) is 6.31. The fourth-order valence-corrected chi connectivity index (χ4v) is 2.63. The first-order chi connectivity index (χ1) is 10.7. The van der Waals surface area contributed by atoms with Crippen LogP contribution in [0.1, 0.15) is 26.7 Å². The summed E-state index contributed by atoms with van der Waals surface area (Å²) >= 11 is 0. The topological polar surface area (TPSA) is 71.8 Å². The molecular weight excluding hydrogens is 282 g/mol. The molecular formula is C15H21N5O2. The van der Waals surface area contributed by atoms with Crippen LogP contribution in [0.4, 0.5) is 10.5 Å². The molecule has 2 unspecified atom stereocenters. The van der Waals surface area contributed by atoms with Crippen LogP contribution in [0.2, 0.25) is 0 Å². The number of hydrogen-bond acceptors (Lipinski definition) is 4. The third kappa shape index (κ3) is 3.04. The predicted molar refractivity (Wildman–Crippen MR) is 82.8 cm³/mol. The Bertz CT molecular complexity index is 644. The molecule has 22 heavy (non-hydrogen) atoms. The number of morpholine rings is 1. The lowest BCUT2D eigenvalue weighted by atomic mass is 10.1. The van der Waals surface area contributed by atoms with Gasteiger partial charge in [-0.05, 0) is 25.0 Å². The highest BCUT2D eigenvalue weighted by Crippen LogP contribution is 2.17. The van der Waals surface area contributed by atoms with Gasteiger partial charge in [-0.1, -0.05) is 13.8 Å². The molecule has 7 nitrogen and oxygen atoms in total. The molecule has 118 valence electrons. The summed E-state index contributed by atoms with van der Waals surface area (Å²) in [5.74, 6) is 0. The highest BCUT2D eigenvalue weighted by atomic mass is 16.5. The number of carbonyl (C=O) groups is 1. The Morgan fingerprint density at radius 1 is 1.32 bits per heavy atom. The summed E-state index contributed by atoms with van der Waals surface area (Å²) in [6.07, 6.45) is 5.29. The third-order valence-corrected chi connectivity index (χ3v) is 3.96. The molecule has 1 N–H and O–H groups in total. The molecule has 0 saturated carbocycles. The van der Waals surface area contributed by atoms with Gasteiger partial charge in [0.25, 0.3) is 0 Å². The van der Waals surface area contributed by atoms with Crippen LogP contribution in [-0.2, 0) is 4.74 Å². The van der Waals surface area contributed by atoms with E-state index in [1.165, 1.54) is 6.33 Å². The number of nitrogens with zero attached hydrogens (tertiary/aromatic N) is 4. The van der Waals surface area contributed by atoms with E-state index in [1.54, 1.807) is 10.7 Å². The lowest BCUT2D eigenvalue weighted by Gasteiger charge is -2.37. The van der Waals surface area contributed by atoms with Crippen molar-refractivity contribution in [2.45, 2.75) is 38.9 Å². The predicted octanol–water partition coefficient (Wildman–Crippen LogP) is 2.15. The van der Waals surface area contributed by atoms with Crippen LogP contribution in [0.15, 0.2) is 24.7 Å². The number of carbonyl (C=O) groups excluding carboxylic acids is 1. The standard InChI is InChI=1S/C15H21N5O2/c1-3-12-8-19(9-13(4-2)22-12)15(21)18-11-5-6-14-16-10-17-20(14)7-11/h5-7,10,12-13H,3-4,8-9H2,1-2H3,(H,18,21). The SMILES string of the molecule is CCC1CN(C(=O)Nc2ccc3ncnn3c2)CC(CC)O1. The molecule has 0 bridgehead atoms. The van der Waals surface area contributed by atoms with Gasteiger partial charge in [0, 0.05) is 13.1 Å². The minimum atomic E-state index is -0.0975. The average Bonchev–Trinajstić information content (AvgIpc) is 3.01. The summed E-state index contributed by atoms with van der Waals surface area (Å²) in [6.45, 7) is 5.42. The Labute approximate surface area is 129 Å². The van der Waals surface area contributed by atoms with E-state index in [0.29, 0.717) is 18.8 Å². The zero-order valence-electron chi connectivity index (χ0n) is 12.9. The van der Waals surface area contributed by atoms with Gasteiger partial charge in [-0.15, -0.1) is 0 Å². The number of pyridine rings is 1. The van der Waals surface area contributed by atoms with Crippen LogP contribution in [0.5, 0.6) is 0 Å². The van der Waals surface area contributed by atoms with Gasteiger partial charge in [0.2, 0.25) is 0 Å². The molecule has 0 radical (unpaired) electrons. The van der Waals surface area contributed by atoms with Gasteiger partial charge < -0.3 is 15.0 Å². The van der Waals surface area contributed by atoms with Gasteiger partial charge in [-0.3, -0.25) is 0 Å². The van der Waals surface area contributed by atoms with Crippen LogP contribution >= 0.6 is 0 Å². The summed E-state index contributed by atoms with van der Waals surface area (Å²) in [7, 11) is 0. The van der Waals surface area contributed by atoms with Gasteiger partial charge in [0.1, 0.15) is 6.33 Å². The van der Waals surface area contributed by atoms with E-state index < -0.39 is 0 Å². The number of anilines is 1. The molecule has 2 amide bonds. The van der Waals surface area contributed by atoms with E-state index in [4.69, 9.17) is 4.74 Å². The second-order valence-corrected chi connectivity index (χ2v) is 5.51. The lowest BCUT2D eigenvalue weighted by molar-refractivity contribution is -0.0729. The molecule has 0 spiro atoms. The average molecular weight is 303 g/mol. The molecule has 7 heteroatoms. The quantitative estimate of drug-likeness (QED) is 0.943. The molecule has 1 aliphatic rings. The zero-order chi connectivity index (χ0) is 15.5. The smallest absolute Gasteiger partial charge is 0.322 e. The number of amides is 2. The number of rotatable bonds is 3. The number of nitrogens with one attached hydrogen (secondary N) is 1. The summed E-state index contributed by atoms with van der Waals surface area (Å²) < 4.78 is 7.56. The van der Waals surface area contributed by atoms with Gasteiger partial charge in [-0.2, -0.15) is 5.10 Å². The summed E-state index contributed by atoms with van der Waals surface area (Å²) in [5.41, 5.74) is 1.46.